The van der Waals surface area contributed by atoms with Gasteiger partial charge in [-0.25, -0.2) is 0 Å². The molecule has 1 amide bonds. The summed E-state index contributed by atoms with van der Waals surface area (Å²) in [6.07, 6.45) is -14.5. The topological polar surface area (TPSA) is 493 Å². The Kier molecular flexibility index (Phi) is 30.0. The number of ether oxygens (including phenoxy) is 7. The predicted molar refractivity (Wildman–Crippen MR) is 325 cm³/mol. The first-order valence-corrected chi connectivity index (χ1v) is 31.3. The van der Waals surface area contributed by atoms with Crippen molar-refractivity contribution in [1.82, 2.24) is 10.5 Å². The second-order valence-electron chi connectivity index (χ2n) is 24.8. The third-order valence-electron chi connectivity index (χ3n) is 17.3. The highest BCUT2D eigenvalue weighted by molar-refractivity contribution is 5.92. The van der Waals surface area contributed by atoms with Gasteiger partial charge in [0.25, 0.3) is 0 Å². The largest absolute Gasteiger partial charge is 0.462 e. The van der Waals surface area contributed by atoms with Crippen LogP contribution in [0.3, 0.4) is 0 Å². The van der Waals surface area contributed by atoms with Crippen LogP contribution in [0.25, 0.3) is 0 Å². The number of amides is 1. The lowest BCUT2D eigenvalue weighted by Gasteiger charge is -2.48. The molecule has 28 atom stereocenters. The molecule has 1 aromatic heterocycles. The van der Waals surface area contributed by atoms with Gasteiger partial charge in [0.1, 0.15) is 60.7 Å². The summed E-state index contributed by atoms with van der Waals surface area (Å²) in [6.45, 7) is 5.80. The molecule has 0 aromatic carbocycles. The number of anilines is 1. The maximum Gasteiger partial charge on any atom is 0.308 e. The lowest BCUT2D eigenvalue weighted by molar-refractivity contribution is -0.368. The number of carbonyl (C=O) groups is 2. The summed E-state index contributed by atoms with van der Waals surface area (Å²) in [5.74, 6) is -8.89. The molecule has 0 saturated carbocycles. The van der Waals surface area contributed by atoms with Crippen LogP contribution in [0.1, 0.15) is 84.8 Å². The number of allylic oxidation sites excluding steroid dienone is 12. The number of carbonyl (C=O) groups excluding carboxylic acids is 2. The summed E-state index contributed by atoms with van der Waals surface area (Å²) in [5, 5.41) is 197. The number of hydrogen-bond acceptors (Lipinski definition) is 29. The number of aryl methyl sites for hydroxylation is 1. The summed E-state index contributed by atoms with van der Waals surface area (Å²) >= 11 is 0. The quantitative estimate of drug-likeness (QED) is 0.103. The molecule has 6 heterocycles. The molecule has 30 heteroatoms. The van der Waals surface area contributed by atoms with Gasteiger partial charge in [-0.05, 0) is 40.0 Å². The van der Waals surface area contributed by atoms with E-state index in [0.29, 0.717) is 5.76 Å². The number of fused-ring (bicyclic) bond motifs is 2. The first kappa shape index (κ1) is 77.4. The molecular formula is C63H97N3O27. The van der Waals surface area contributed by atoms with Gasteiger partial charge >= 0.3 is 5.97 Å². The van der Waals surface area contributed by atoms with E-state index in [1.807, 2.05) is 0 Å². The number of hydrogen-bond donors (Lipinski definition) is 19. The fourth-order valence-electron chi connectivity index (χ4n) is 11.6. The summed E-state index contributed by atoms with van der Waals surface area (Å²) < 4.78 is 45.8. The van der Waals surface area contributed by atoms with Crippen LogP contribution in [0.2, 0.25) is 0 Å². The van der Waals surface area contributed by atoms with Crippen LogP contribution in [0.5, 0.6) is 0 Å². The van der Waals surface area contributed by atoms with Gasteiger partial charge in [0.15, 0.2) is 24.2 Å². The molecule has 4 fully saturated rings. The van der Waals surface area contributed by atoms with Crippen molar-refractivity contribution < 1.29 is 134 Å². The van der Waals surface area contributed by atoms with Crippen molar-refractivity contribution >= 4 is 17.7 Å². The van der Waals surface area contributed by atoms with Crippen molar-refractivity contribution in [2.75, 3.05) is 25.1 Å². The Labute approximate surface area is 538 Å². The molecular weight excluding hydrogens is 1230 g/mol. The predicted octanol–water partition coefficient (Wildman–Crippen LogP) is -3.18. The van der Waals surface area contributed by atoms with Crippen LogP contribution in [-0.2, 0) is 42.7 Å². The Morgan fingerprint density at radius 3 is 1.89 bits per heavy atom. The number of rotatable bonds is 10. The molecule has 5 unspecified atom stereocenters. The highest BCUT2D eigenvalue weighted by Gasteiger charge is 2.55. The standard InChI is InChI=1S/C63H97N3O27/c1-32-18-16-14-12-10-8-6-7-9-11-13-15-17-19-40(89-60-54(79)50(52(77)36(5)88-60)64-31-63(85)58(82)57(44(74)30-86-63)91-61-56(81)55(80)53(78)46(29-67)90-61)26-45-49(59(83)65-47-22-33(2)93-66-47)43(73)28-62(84,92-45)27-39(70)24-42(72)41(71)21-20-37(68)23-38(69)25-48(75)87-35(4)34(3)51(32)76/h6-19,22,32,34-46,49-58,60-61,64,67-74,76-82,84-85H,20-21,23-31H2,1-5H3,(H,65,66,83)/b7-6+,10-8+,11-9+,14-12+,15-13+,18-16+,19-17+/t32-,34?,35-,36+,37+,38+,39-,40-,41+,42+,43-,44+,45?,46+,49?,50-,51+,52+,53+,54-,55-,56+,57+,58-,60?,61?,62+,63+/m0/s1. The van der Waals surface area contributed by atoms with Crippen LogP contribution < -0.4 is 10.6 Å². The summed E-state index contributed by atoms with van der Waals surface area (Å²) in [5.41, 5.74) is 0. The molecule has 19 N–H and O–H groups in total. The summed E-state index contributed by atoms with van der Waals surface area (Å²) in [4.78, 5) is 27.0. The third-order valence-corrected chi connectivity index (χ3v) is 17.3. The molecule has 526 valence electrons. The van der Waals surface area contributed by atoms with Crippen LogP contribution in [0.15, 0.2) is 95.7 Å². The smallest absolute Gasteiger partial charge is 0.308 e. The fourth-order valence-corrected chi connectivity index (χ4v) is 11.6. The van der Waals surface area contributed by atoms with Crippen molar-refractivity contribution in [3.8, 4) is 0 Å². The van der Waals surface area contributed by atoms with E-state index >= 15 is 0 Å². The number of aliphatic hydroxyl groups excluding tert-OH is 15. The van der Waals surface area contributed by atoms with E-state index in [1.54, 1.807) is 101 Å². The zero-order valence-electron chi connectivity index (χ0n) is 52.6. The lowest BCUT2D eigenvalue weighted by Crippen LogP contribution is -2.70. The highest BCUT2D eigenvalue weighted by Crippen LogP contribution is 2.39. The molecule has 0 spiro atoms. The zero-order valence-corrected chi connectivity index (χ0v) is 52.6. The van der Waals surface area contributed by atoms with Crippen LogP contribution >= 0.6 is 0 Å². The van der Waals surface area contributed by atoms with Gasteiger partial charge in [0.2, 0.25) is 11.7 Å². The van der Waals surface area contributed by atoms with Crippen molar-refractivity contribution in [2.24, 2.45) is 17.8 Å². The third kappa shape index (κ3) is 22.2. The minimum atomic E-state index is -2.69. The van der Waals surface area contributed by atoms with Gasteiger partial charge in [-0.2, -0.15) is 0 Å². The van der Waals surface area contributed by atoms with Gasteiger partial charge in [0.05, 0.1) is 105 Å². The van der Waals surface area contributed by atoms with Gasteiger partial charge in [-0.15, -0.1) is 0 Å². The molecule has 5 aliphatic rings. The van der Waals surface area contributed by atoms with Gasteiger partial charge < -0.3 is 135 Å². The van der Waals surface area contributed by atoms with Crippen molar-refractivity contribution in [2.45, 2.75) is 238 Å². The number of aromatic nitrogens is 1. The van der Waals surface area contributed by atoms with E-state index < -0.39 is 228 Å². The van der Waals surface area contributed by atoms with E-state index in [1.165, 1.54) is 25.1 Å². The maximum absolute atomic E-state index is 14.2. The summed E-state index contributed by atoms with van der Waals surface area (Å²) in [7, 11) is 0. The minimum absolute atomic E-state index is 0.0434. The molecule has 1 aromatic rings. The first-order chi connectivity index (χ1) is 43.9. The first-order valence-electron chi connectivity index (χ1n) is 31.3. The Balaban J connectivity index is 1.26. The summed E-state index contributed by atoms with van der Waals surface area (Å²) in [6, 6.07) is -0.0923. The highest BCUT2D eigenvalue weighted by atomic mass is 16.7. The van der Waals surface area contributed by atoms with Gasteiger partial charge in [-0.3, -0.25) is 9.59 Å². The molecule has 93 heavy (non-hydrogen) atoms. The second-order valence-corrected chi connectivity index (χ2v) is 24.8. The lowest BCUT2D eigenvalue weighted by atomic mass is 9.82. The maximum atomic E-state index is 14.2. The number of cyclic esters (lactones) is 1. The van der Waals surface area contributed by atoms with E-state index in [0.717, 1.165) is 0 Å². The van der Waals surface area contributed by atoms with Crippen LogP contribution in [0, 0.1) is 24.7 Å². The van der Waals surface area contributed by atoms with E-state index in [9.17, 15) is 96.4 Å². The Hall–Kier alpha value is -4.63. The minimum Gasteiger partial charge on any atom is -0.462 e. The number of nitrogens with one attached hydrogen (secondary N) is 2. The number of aliphatic hydroxyl groups is 17. The molecule has 0 aliphatic carbocycles. The van der Waals surface area contributed by atoms with E-state index in [4.69, 9.17) is 37.7 Å². The molecule has 2 bridgehead atoms. The zero-order chi connectivity index (χ0) is 68.5. The molecule has 6 rings (SSSR count). The second kappa shape index (κ2) is 36.1. The van der Waals surface area contributed by atoms with Crippen molar-refractivity contribution in [3.05, 3.63) is 96.9 Å². The molecule has 4 saturated heterocycles. The van der Waals surface area contributed by atoms with Crippen molar-refractivity contribution in [3.63, 3.8) is 0 Å². The van der Waals surface area contributed by atoms with Crippen molar-refractivity contribution in [1.29, 1.82) is 0 Å². The Bertz CT molecular complexity index is 2670. The Morgan fingerprint density at radius 1 is 0.645 bits per heavy atom. The number of esters is 1. The van der Waals surface area contributed by atoms with E-state index in [-0.39, 0.29) is 31.0 Å². The average Bonchev–Trinajstić information content (AvgIpc) is 0.920. The molecule has 0 radical (unpaired) electrons. The molecule has 30 nitrogen and oxygen atoms in total. The monoisotopic (exact) mass is 1330 g/mol. The van der Waals surface area contributed by atoms with Crippen LogP contribution in [-0.4, -0.2) is 276 Å². The van der Waals surface area contributed by atoms with Gasteiger partial charge in [0, 0.05) is 43.6 Å². The average molecular weight is 1330 g/mol. The van der Waals surface area contributed by atoms with Gasteiger partial charge in [-0.1, -0.05) is 104 Å². The van der Waals surface area contributed by atoms with Crippen LogP contribution in [0.4, 0.5) is 5.82 Å². The fraction of sp³-hybridized carbons (Fsp3) is 0.698. The SMILES string of the molecule is Cc1cc(NC(=O)C2C3C[C@@H](OC4O[C@H](C)[C@@H](O)[C@H](NC[C@@]5(O)OC[C@@H](O)[C@@H](OC6O[C@H](CO)[C@@H](O)[C@H](O)[C@H]6O)[C@@H]5O)[C@@H]4O)/C=C/C=C/C=C/C=C/C=C/C=C/C=C/[C@H](C)[C@@H](O)C(C)[C@H](C)OC(=O)C[C@H](O)C[C@H](O)CC[C@@H](O)[C@H](O)C[C@H](O)C[C@](O)(C[C@@H]2O)O3)no1. The normalized spacial score (nSPS) is 45.4. The van der Waals surface area contributed by atoms with E-state index in [2.05, 4.69) is 15.8 Å². The number of nitrogens with zero attached hydrogens (tertiary/aromatic N) is 1. The molecule has 5 aliphatic heterocycles. The Morgan fingerprint density at radius 2 is 1.27 bits per heavy atom.